The zero-order valence-corrected chi connectivity index (χ0v) is 18.7. The van der Waals surface area contributed by atoms with Gasteiger partial charge in [-0.1, -0.05) is 70.5 Å². The number of nitrogens with one attached hydrogen (secondary N) is 1. The topological polar surface area (TPSA) is 34.0 Å². The summed E-state index contributed by atoms with van der Waals surface area (Å²) in [5, 5.41) is 4.26. The molecule has 0 saturated heterocycles. The zero-order chi connectivity index (χ0) is 20.9. The molecule has 0 spiro atoms. The van der Waals surface area contributed by atoms with Gasteiger partial charge in [-0.2, -0.15) is 0 Å². The molecule has 1 N–H and O–H groups in total. The van der Waals surface area contributed by atoms with E-state index in [4.69, 9.17) is 0 Å². The van der Waals surface area contributed by atoms with Crippen molar-refractivity contribution >= 4 is 32.7 Å². The van der Waals surface area contributed by atoms with Gasteiger partial charge in [-0.25, -0.2) is 0 Å². The largest absolute Gasteiger partial charge is 0.352 e. The van der Waals surface area contributed by atoms with Crippen molar-refractivity contribution < 1.29 is 4.79 Å². The Morgan fingerprint density at radius 2 is 1.77 bits per heavy atom. The number of aromatic nitrogens is 1. The molecule has 0 atom stereocenters. The lowest BCUT2D eigenvalue weighted by Gasteiger charge is -2.08. The fraction of sp³-hybridized carbons (Fsp3) is 0.192. The Morgan fingerprint density at radius 1 is 0.967 bits per heavy atom. The first kappa shape index (κ1) is 20.4. The number of halogens is 1. The molecule has 1 amide bonds. The number of fused-ring (bicyclic) bond motifs is 1. The number of para-hydroxylation sites is 1. The van der Waals surface area contributed by atoms with E-state index < -0.39 is 0 Å². The molecular formula is C26H25BrN2O. The van der Waals surface area contributed by atoms with E-state index >= 15 is 0 Å². The molecular weight excluding hydrogens is 436 g/mol. The van der Waals surface area contributed by atoms with Gasteiger partial charge in [0, 0.05) is 41.1 Å². The standard InChI is InChI=1S/C26H25BrN2O/c1-19-7-2-3-9-21(19)17-29-18-22(24-11-4-5-12-25(24)29)13-14-26(30)28-16-20-8-6-10-23(27)15-20/h2-12,15,18H,13-14,16-17H2,1H3,(H,28,30). The summed E-state index contributed by atoms with van der Waals surface area (Å²) < 4.78 is 3.32. The fourth-order valence-corrected chi connectivity index (χ4v) is 4.25. The zero-order valence-electron chi connectivity index (χ0n) is 17.1. The Bertz CT molecular complexity index is 1180. The molecule has 4 aromatic rings. The Balaban J connectivity index is 1.45. The van der Waals surface area contributed by atoms with Crippen molar-refractivity contribution in [2.24, 2.45) is 0 Å². The first-order valence-corrected chi connectivity index (χ1v) is 11.0. The summed E-state index contributed by atoms with van der Waals surface area (Å²) in [4.78, 5) is 12.4. The summed E-state index contributed by atoms with van der Waals surface area (Å²) in [7, 11) is 0. The van der Waals surface area contributed by atoms with E-state index in [1.54, 1.807) is 0 Å². The molecule has 0 unspecified atom stereocenters. The molecule has 4 heteroatoms. The highest BCUT2D eigenvalue weighted by Crippen LogP contribution is 2.24. The molecule has 0 radical (unpaired) electrons. The fourth-order valence-electron chi connectivity index (χ4n) is 3.81. The van der Waals surface area contributed by atoms with Crippen LogP contribution < -0.4 is 5.32 Å². The molecule has 1 aromatic heterocycles. The molecule has 0 aliphatic carbocycles. The van der Waals surface area contributed by atoms with Gasteiger partial charge in [0.25, 0.3) is 0 Å². The van der Waals surface area contributed by atoms with Crippen LogP contribution in [0, 0.1) is 6.92 Å². The number of rotatable bonds is 7. The maximum atomic E-state index is 12.4. The highest BCUT2D eigenvalue weighted by Gasteiger charge is 2.11. The minimum atomic E-state index is 0.0747. The van der Waals surface area contributed by atoms with Crippen LogP contribution in [0.4, 0.5) is 0 Å². The summed E-state index contributed by atoms with van der Waals surface area (Å²) in [6, 6.07) is 25.0. The van der Waals surface area contributed by atoms with Gasteiger partial charge in [-0.3, -0.25) is 4.79 Å². The third-order valence-electron chi connectivity index (χ3n) is 5.47. The first-order valence-electron chi connectivity index (χ1n) is 10.2. The minimum Gasteiger partial charge on any atom is -0.352 e. The third kappa shape index (κ3) is 4.82. The van der Waals surface area contributed by atoms with Crippen molar-refractivity contribution in [3.05, 3.63) is 106 Å². The van der Waals surface area contributed by atoms with Crippen LogP contribution in [-0.4, -0.2) is 10.5 Å². The second-order valence-electron chi connectivity index (χ2n) is 7.63. The Labute approximate surface area is 185 Å². The number of nitrogens with zero attached hydrogens (tertiary/aromatic N) is 1. The molecule has 0 fully saturated rings. The van der Waals surface area contributed by atoms with Crippen LogP contribution in [0.25, 0.3) is 10.9 Å². The summed E-state index contributed by atoms with van der Waals surface area (Å²) in [5.41, 5.74) is 6.13. The lowest BCUT2D eigenvalue weighted by Crippen LogP contribution is -2.22. The number of amides is 1. The Kier molecular flexibility index (Phi) is 6.34. The van der Waals surface area contributed by atoms with Crippen LogP contribution in [0.5, 0.6) is 0 Å². The van der Waals surface area contributed by atoms with E-state index in [-0.39, 0.29) is 5.91 Å². The van der Waals surface area contributed by atoms with E-state index in [0.29, 0.717) is 13.0 Å². The van der Waals surface area contributed by atoms with Gasteiger partial charge in [0.05, 0.1) is 0 Å². The van der Waals surface area contributed by atoms with Gasteiger partial charge >= 0.3 is 0 Å². The third-order valence-corrected chi connectivity index (χ3v) is 5.97. The normalized spacial score (nSPS) is 11.0. The van der Waals surface area contributed by atoms with Gasteiger partial charge in [-0.05, 0) is 53.8 Å². The maximum absolute atomic E-state index is 12.4. The van der Waals surface area contributed by atoms with E-state index in [9.17, 15) is 4.79 Å². The molecule has 0 aliphatic rings. The van der Waals surface area contributed by atoms with Crippen LogP contribution in [0.3, 0.4) is 0 Å². The molecule has 4 rings (SSSR count). The highest BCUT2D eigenvalue weighted by atomic mass is 79.9. The van der Waals surface area contributed by atoms with E-state index in [0.717, 1.165) is 23.0 Å². The average Bonchev–Trinajstić information content (AvgIpc) is 3.10. The number of benzene rings is 3. The molecule has 3 nitrogen and oxygen atoms in total. The van der Waals surface area contributed by atoms with Gasteiger partial charge in [0.15, 0.2) is 0 Å². The summed E-state index contributed by atoms with van der Waals surface area (Å²) in [6.07, 6.45) is 3.41. The van der Waals surface area contributed by atoms with Gasteiger partial charge in [0.2, 0.25) is 5.91 Å². The first-order chi connectivity index (χ1) is 14.6. The van der Waals surface area contributed by atoms with Crippen LogP contribution in [0.15, 0.2) is 83.5 Å². The van der Waals surface area contributed by atoms with Crippen LogP contribution >= 0.6 is 15.9 Å². The predicted molar refractivity (Wildman–Crippen MR) is 127 cm³/mol. The molecule has 152 valence electrons. The number of carbonyl (C=O) groups excluding carboxylic acids is 1. The average molecular weight is 461 g/mol. The number of aryl methyl sites for hydroxylation is 2. The Hall–Kier alpha value is -2.85. The quantitative estimate of drug-likeness (QED) is 0.359. The monoisotopic (exact) mass is 460 g/mol. The second kappa shape index (κ2) is 9.31. The lowest BCUT2D eigenvalue weighted by atomic mass is 10.1. The van der Waals surface area contributed by atoms with Crippen LogP contribution in [0.2, 0.25) is 0 Å². The number of hydrogen-bond donors (Lipinski definition) is 1. The van der Waals surface area contributed by atoms with E-state index in [1.807, 2.05) is 24.3 Å². The molecule has 0 aliphatic heterocycles. The SMILES string of the molecule is Cc1ccccc1Cn1cc(CCC(=O)NCc2cccc(Br)c2)c2ccccc21. The minimum absolute atomic E-state index is 0.0747. The molecule has 1 heterocycles. The van der Waals surface area contributed by atoms with Crippen molar-refractivity contribution in [2.45, 2.75) is 32.9 Å². The highest BCUT2D eigenvalue weighted by molar-refractivity contribution is 9.10. The van der Waals surface area contributed by atoms with Gasteiger partial charge in [-0.15, -0.1) is 0 Å². The van der Waals surface area contributed by atoms with Crippen LogP contribution in [-0.2, 0) is 24.3 Å². The second-order valence-corrected chi connectivity index (χ2v) is 8.55. The van der Waals surface area contributed by atoms with Crippen molar-refractivity contribution in [1.82, 2.24) is 9.88 Å². The number of hydrogen-bond acceptors (Lipinski definition) is 1. The van der Waals surface area contributed by atoms with Crippen molar-refractivity contribution in [2.75, 3.05) is 0 Å². The van der Waals surface area contributed by atoms with Crippen molar-refractivity contribution in [3.63, 3.8) is 0 Å². The smallest absolute Gasteiger partial charge is 0.220 e. The Morgan fingerprint density at radius 3 is 2.60 bits per heavy atom. The summed E-state index contributed by atoms with van der Waals surface area (Å²) in [6.45, 7) is 3.53. The van der Waals surface area contributed by atoms with Crippen LogP contribution in [0.1, 0.15) is 28.7 Å². The van der Waals surface area contributed by atoms with Gasteiger partial charge < -0.3 is 9.88 Å². The molecule has 3 aromatic carbocycles. The lowest BCUT2D eigenvalue weighted by molar-refractivity contribution is -0.121. The van der Waals surface area contributed by atoms with Crippen molar-refractivity contribution in [1.29, 1.82) is 0 Å². The van der Waals surface area contributed by atoms with Crippen molar-refractivity contribution in [3.8, 4) is 0 Å². The van der Waals surface area contributed by atoms with E-state index in [2.05, 4.69) is 87.5 Å². The summed E-state index contributed by atoms with van der Waals surface area (Å²) in [5.74, 6) is 0.0747. The summed E-state index contributed by atoms with van der Waals surface area (Å²) >= 11 is 3.47. The predicted octanol–water partition coefficient (Wildman–Crippen LogP) is 6.01. The number of carbonyl (C=O) groups is 1. The maximum Gasteiger partial charge on any atom is 0.220 e. The molecule has 0 saturated carbocycles. The van der Waals surface area contributed by atoms with E-state index in [1.165, 1.54) is 27.6 Å². The van der Waals surface area contributed by atoms with Gasteiger partial charge in [0.1, 0.15) is 0 Å². The molecule has 0 bridgehead atoms. The molecule has 30 heavy (non-hydrogen) atoms.